The molecule has 0 spiro atoms. The average molecular weight is 353 g/mol. The van der Waals surface area contributed by atoms with Gasteiger partial charge in [-0.1, -0.05) is 12.8 Å². The number of nitrogens with one attached hydrogen (secondary N) is 1. The lowest BCUT2D eigenvalue weighted by Gasteiger charge is -2.27. The van der Waals surface area contributed by atoms with E-state index in [2.05, 4.69) is 5.92 Å². The molecule has 0 saturated carbocycles. The summed E-state index contributed by atoms with van der Waals surface area (Å²) in [5, 5.41) is 1.83. The van der Waals surface area contributed by atoms with Crippen molar-refractivity contribution in [2.45, 2.75) is 38.0 Å². The van der Waals surface area contributed by atoms with E-state index in [-0.39, 0.29) is 6.42 Å². The van der Waals surface area contributed by atoms with E-state index in [1.54, 1.807) is 25.1 Å². The molecule has 0 radical (unpaired) electrons. The van der Waals surface area contributed by atoms with Gasteiger partial charge < -0.3 is 11.1 Å². The lowest BCUT2D eigenvalue weighted by Crippen LogP contribution is -2.53. The first-order chi connectivity index (χ1) is 11.7. The molecule has 0 bridgehead atoms. The number of fused-ring (bicyclic) bond motifs is 1. The van der Waals surface area contributed by atoms with Gasteiger partial charge in [-0.3, -0.25) is 14.5 Å². The molecule has 1 aliphatic rings. The van der Waals surface area contributed by atoms with E-state index >= 15 is 0 Å². The summed E-state index contributed by atoms with van der Waals surface area (Å²) in [4.78, 5) is 26.0. The van der Waals surface area contributed by atoms with Gasteiger partial charge in [-0.25, -0.2) is 0 Å². The maximum atomic E-state index is 12.6. The number of anilines is 1. The molecule has 2 amide bonds. The van der Waals surface area contributed by atoms with Crippen molar-refractivity contribution in [3.05, 3.63) is 29.3 Å². The van der Waals surface area contributed by atoms with Gasteiger partial charge in [0.1, 0.15) is 12.6 Å². The van der Waals surface area contributed by atoms with E-state index < -0.39 is 36.6 Å². The number of carbonyl (C=O) groups excluding carboxylic acids is 2. The summed E-state index contributed by atoms with van der Waals surface area (Å²) >= 11 is 0. The van der Waals surface area contributed by atoms with Crippen molar-refractivity contribution in [3.63, 3.8) is 0 Å². The molecule has 0 unspecified atom stereocenters. The SMILES string of the molecule is C#Cc1ccc2c(c1)C[C@H](C(=O)NCC(F)(F)F)N2C(=O)[C@@H](N)CC. The molecular weight excluding hydrogens is 335 g/mol. The van der Waals surface area contributed by atoms with E-state index in [1.165, 1.54) is 4.90 Å². The number of nitrogens with zero attached hydrogens (tertiary/aromatic N) is 1. The average Bonchev–Trinajstić information content (AvgIpc) is 2.95. The Morgan fingerprint density at radius 2 is 2.16 bits per heavy atom. The standard InChI is InChI=1S/C17H18F3N3O2/c1-3-10-5-6-13-11(7-10)8-14(15(24)22-9-17(18,19)20)23(13)16(25)12(21)4-2/h1,5-7,12,14H,4,8-9,21H2,2H3,(H,22,24)/t12-,14+/m0/s1. The third-order valence-electron chi connectivity index (χ3n) is 3.99. The Kier molecular flexibility index (Phi) is 5.38. The van der Waals surface area contributed by atoms with Gasteiger partial charge in [-0.2, -0.15) is 13.2 Å². The van der Waals surface area contributed by atoms with Crippen LogP contribution in [-0.4, -0.2) is 36.6 Å². The molecule has 25 heavy (non-hydrogen) atoms. The molecule has 0 fully saturated rings. The number of halogens is 3. The maximum Gasteiger partial charge on any atom is 0.405 e. The largest absolute Gasteiger partial charge is 0.405 e. The number of rotatable bonds is 4. The van der Waals surface area contributed by atoms with Gasteiger partial charge in [0, 0.05) is 17.7 Å². The molecule has 0 aromatic heterocycles. The number of carbonyl (C=O) groups is 2. The first-order valence-corrected chi connectivity index (χ1v) is 7.70. The zero-order chi connectivity index (χ0) is 18.8. The number of hydrogen-bond donors (Lipinski definition) is 2. The van der Waals surface area contributed by atoms with Crippen molar-refractivity contribution in [1.29, 1.82) is 0 Å². The lowest BCUT2D eigenvalue weighted by molar-refractivity contribution is -0.139. The molecule has 134 valence electrons. The van der Waals surface area contributed by atoms with E-state index in [9.17, 15) is 22.8 Å². The van der Waals surface area contributed by atoms with Crippen LogP contribution in [0, 0.1) is 12.3 Å². The summed E-state index contributed by atoms with van der Waals surface area (Å²) in [6, 6.07) is 2.89. The second kappa shape index (κ2) is 7.15. The number of terminal acetylenes is 1. The van der Waals surface area contributed by atoms with Crippen LogP contribution < -0.4 is 16.0 Å². The molecule has 8 heteroatoms. The molecule has 1 aromatic rings. The Bertz CT molecular complexity index is 725. The molecule has 3 N–H and O–H groups in total. The van der Waals surface area contributed by atoms with E-state index in [4.69, 9.17) is 12.2 Å². The Hall–Kier alpha value is -2.53. The third kappa shape index (κ3) is 4.12. The van der Waals surface area contributed by atoms with Gasteiger partial charge in [0.2, 0.25) is 11.8 Å². The van der Waals surface area contributed by atoms with Crippen LogP contribution >= 0.6 is 0 Å². The zero-order valence-corrected chi connectivity index (χ0v) is 13.6. The zero-order valence-electron chi connectivity index (χ0n) is 13.6. The molecule has 1 aromatic carbocycles. The van der Waals surface area contributed by atoms with Crippen molar-refractivity contribution in [2.75, 3.05) is 11.4 Å². The predicted molar refractivity (Wildman–Crippen MR) is 86.7 cm³/mol. The number of nitrogens with two attached hydrogens (primary N) is 1. The fraction of sp³-hybridized carbons (Fsp3) is 0.412. The second-order valence-electron chi connectivity index (χ2n) is 5.76. The van der Waals surface area contributed by atoms with E-state index in [0.29, 0.717) is 23.2 Å². The van der Waals surface area contributed by atoms with E-state index in [1.807, 2.05) is 5.32 Å². The number of benzene rings is 1. The summed E-state index contributed by atoms with van der Waals surface area (Å²) in [7, 11) is 0. The number of amides is 2. The van der Waals surface area contributed by atoms with Gasteiger partial charge in [-0.05, 0) is 30.2 Å². The van der Waals surface area contributed by atoms with Crippen LogP contribution in [0.15, 0.2) is 18.2 Å². The molecular formula is C17H18F3N3O2. The van der Waals surface area contributed by atoms with Crippen LogP contribution in [0.4, 0.5) is 18.9 Å². The third-order valence-corrected chi connectivity index (χ3v) is 3.99. The molecule has 5 nitrogen and oxygen atoms in total. The first-order valence-electron chi connectivity index (χ1n) is 7.70. The van der Waals surface area contributed by atoms with Gasteiger partial charge in [0.15, 0.2) is 0 Å². The van der Waals surface area contributed by atoms with Crippen molar-refractivity contribution in [2.24, 2.45) is 5.73 Å². The molecule has 0 aliphatic carbocycles. The molecule has 2 rings (SSSR count). The van der Waals surface area contributed by atoms with Crippen molar-refractivity contribution in [1.82, 2.24) is 5.32 Å². The quantitative estimate of drug-likeness (QED) is 0.802. The van der Waals surface area contributed by atoms with Crippen LogP contribution in [0.2, 0.25) is 0 Å². The van der Waals surface area contributed by atoms with Crippen molar-refractivity contribution < 1.29 is 22.8 Å². The van der Waals surface area contributed by atoms with Crippen molar-refractivity contribution in [3.8, 4) is 12.3 Å². The monoisotopic (exact) mass is 353 g/mol. The van der Waals surface area contributed by atoms with Gasteiger partial charge in [0.05, 0.1) is 6.04 Å². The minimum atomic E-state index is -4.54. The van der Waals surface area contributed by atoms with Crippen LogP contribution in [0.5, 0.6) is 0 Å². The van der Waals surface area contributed by atoms with Crippen LogP contribution in [0.1, 0.15) is 24.5 Å². The summed E-state index contributed by atoms with van der Waals surface area (Å²) in [5.74, 6) is 1.05. The summed E-state index contributed by atoms with van der Waals surface area (Å²) in [6.45, 7) is 0.246. The lowest BCUT2D eigenvalue weighted by atomic mass is 10.1. The first kappa shape index (κ1) is 18.8. The maximum absolute atomic E-state index is 12.6. The topological polar surface area (TPSA) is 75.4 Å². The highest BCUT2D eigenvalue weighted by Crippen LogP contribution is 2.34. The van der Waals surface area contributed by atoms with Crippen LogP contribution in [0.25, 0.3) is 0 Å². The molecule has 1 aliphatic heterocycles. The smallest absolute Gasteiger partial charge is 0.345 e. The van der Waals surface area contributed by atoms with Gasteiger partial charge >= 0.3 is 6.18 Å². The highest BCUT2D eigenvalue weighted by Gasteiger charge is 2.40. The normalized spacial score (nSPS) is 17.6. The van der Waals surface area contributed by atoms with Crippen molar-refractivity contribution >= 4 is 17.5 Å². The fourth-order valence-electron chi connectivity index (χ4n) is 2.68. The number of alkyl halides is 3. The van der Waals surface area contributed by atoms with Crippen LogP contribution in [-0.2, 0) is 16.0 Å². The Morgan fingerprint density at radius 1 is 1.48 bits per heavy atom. The minimum absolute atomic E-state index is 0.0801. The highest BCUT2D eigenvalue weighted by atomic mass is 19.4. The Balaban J connectivity index is 2.33. The summed E-state index contributed by atoms with van der Waals surface area (Å²) in [5.41, 5.74) is 7.41. The predicted octanol–water partition coefficient (Wildman–Crippen LogP) is 1.34. The van der Waals surface area contributed by atoms with Gasteiger partial charge in [0.25, 0.3) is 0 Å². The number of hydrogen-bond acceptors (Lipinski definition) is 3. The summed E-state index contributed by atoms with van der Waals surface area (Å²) in [6.07, 6.45) is 1.23. The summed E-state index contributed by atoms with van der Waals surface area (Å²) < 4.78 is 37.1. The fourth-order valence-corrected chi connectivity index (χ4v) is 2.68. The van der Waals surface area contributed by atoms with E-state index in [0.717, 1.165) is 0 Å². The Morgan fingerprint density at radius 3 is 2.72 bits per heavy atom. The second-order valence-corrected chi connectivity index (χ2v) is 5.76. The highest BCUT2D eigenvalue weighted by molar-refractivity contribution is 6.05. The minimum Gasteiger partial charge on any atom is -0.345 e. The Labute approximate surface area is 143 Å². The van der Waals surface area contributed by atoms with Crippen LogP contribution in [0.3, 0.4) is 0 Å². The molecule has 2 atom stereocenters. The van der Waals surface area contributed by atoms with Gasteiger partial charge in [-0.15, -0.1) is 6.42 Å². The molecule has 0 saturated heterocycles. The molecule has 1 heterocycles.